The van der Waals surface area contributed by atoms with Crippen LogP contribution in [0, 0.1) is 12.8 Å². The zero-order chi connectivity index (χ0) is 21.6. The van der Waals surface area contributed by atoms with Gasteiger partial charge in [-0.15, -0.1) is 0 Å². The lowest BCUT2D eigenvalue weighted by Crippen LogP contribution is -2.28. The summed E-state index contributed by atoms with van der Waals surface area (Å²) in [5.74, 6) is 0.460. The van der Waals surface area contributed by atoms with Crippen LogP contribution in [0.2, 0.25) is 0 Å². The van der Waals surface area contributed by atoms with E-state index in [1.807, 2.05) is 25.1 Å². The van der Waals surface area contributed by atoms with E-state index in [2.05, 4.69) is 5.32 Å². The van der Waals surface area contributed by atoms with Crippen LogP contribution in [0.3, 0.4) is 0 Å². The second kappa shape index (κ2) is 10.1. The smallest absolute Gasteiger partial charge is 0.264 e. The van der Waals surface area contributed by atoms with Gasteiger partial charge >= 0.3 is 0 Å². The molecule has 1 N–H and O–H groups in total. The second-order valence-corrected chi connectivity index (χ2v) is 10.2. The number of benzene rings is 2. The van der Waals surface area contributed by atoms with Crippen LogP contribution in [0.15, 0.2) is 53.4 Å². The Bertz CT molecular complexity index is 964. The summed E-state index contributed by atoms with van der Waals surface area (Å²) in [4.78, 5) is 12.7. The maximum absolute atomic E-state index is 13.1. The number of amides is 1. The van der Waals surface area contributed by atoms with Gasteiger partial charge in [0.1, 0.15) is 0 Å². The molecule has 1 aliphatic carbocycles. The van der Waals surface area contributed by atoms with Gasteiger partial charge in [-0.1, -0.05) is 62.8 Å². The minimum absolute atomic E-state index is 0.115. The molecule has 3 rings (SSSR count). The Morgan fingerprint density at radius 2 is 1.73 bits per heavy atom. The third-order valence-corrected chi connectivity index (χ3v) is 7.79. The van der Waals surface area contributed by atoms with Gasteiger partial charge in [-0.05, 0) is 49.1 Å². The Hall–Kier alpha value is -2.34. The molecule has 0 atom stereocenters. The maximum Gasteiger partial charge on any atom is 0.264 e. The number of carbonyl (C=O) groups is 1. The molecule has 0 saturated heterocycles. The van der Waals surface area contributed by atoms with Gasteiger partial charge in [0.05, 0.1) is 10.6 Å². The highest BCUT2D eigenvalue weighted by Crippen LogP contribution is 2.26. The molecule has 0 aromatic heterocycles. The molecular weight excluding hydrogens is 396 g/mol. The Morgan fingerprint density at radius 1 is 1.03 bits per heavy atom. The van der Waals surface area contributed by atoms with Crippen molar-refractivity contribution >= 4 is 21.6 Å². The number of sulfonamides is 1. The summed E-state index contributed by atoms with van der Waals surface area (Å²) in [5.41, 5.74) is 1.86. The average molecular weight is 429 g/mol. The van der Waals surface area contributed by atoms with E-state index in [1.165, 1.54) is 62.0 Å². The molecule has 1 saturated carbocycles. The monoisotopic (exact) mass is 428 g/mol. The van der Waals surface area contributed by atoms with E-state index in [-0.39, 0.29) is 10.8 Å². The van der Waals surface area contributed by atoms with E-state index in [0.29, 0.717) is 23.7 Å². The highest BCUT2D eigenvalue weighted by atomic mass is 32.2. The van der Waals surface area contributed by atoms with Crippen LogP contribution in [-0.4, -0.2) is 27.9 Å². The summed E-state index contributed by atoms with van der Waals surface area (Å²) >= 11 is 0. The molecule has 0 unspecified atom stereocenters. The van der Waals surface area contributed by atoms with Crippen molar-refractivity contribution < 1.29 is 13.2 Å². The summed E-state index contributed by atoms with van der Waals surface area (Å²) in [7, 11) is -2.22. The van der Waals surface area contributed by atoms with Crippen LogP contribution >= 0.6 is 0 Å². The number of aryl methyl sites for hydroxylation is 1. The van der Waals surface area contributed by atoms with Gasteiger partial charge in [0.15, 0.2) is 0 Å². The summed E-state index contributed by atoms with van der Waals surface area (Å²) in [6.45, 7) is 2.50. The zero-order valence-electron chi connectivity index (χ0n) is 17.9. The van der Waals surface area contributed by atoms with Gasteiger partial charge in [-0.3, -0.25) is 9.10 Å². The first kappa shape index (κ1) is 22.3. The molecule has 0 radical (unpaired) electrons. The maximum atomic E-state index is 13.1. The van der Waals surface area contributed by atoms with Crippen LogP contribution in [-0.2, 0) is 10.0 Å². The first-order valence-electron chi connectivity index (χ1n) is 10.8. The SMILES string of the molecule is Cc1ccccc1N(C)S(=O)(=O)c1cccc(C(=O)NCCC2CCCCCC2)c1. The minimum Gasteiger partial charge on any atom is -0.352 e. The second-order valence-electron chi connectivity index (χ2n) is 8.19. The molecule has 2 aromatic rings. The molecule has 0 aliphatic heterocycles. The molecule has 0 bridgehead atoms. The van der Waals surface area contributed by atoms with E-state index >= 15 is 0 Å². The Balaban J connectivity index is 1.67. The van der Waals surface area contributed by atoms with Gasteiger partial charge in [0.25, 0.3) is 15.9 Å². The van der Waals surface area contributed by atoms with E-state index < -0.39 is 10.0 Å². The predicted octanol–water partition coefficient (Wildman–Crippen LogP) is 4.91. The largest absolute Gasteiger partial charge is 0.352 e. The number of nitrogens with one attached hydrogen (secondary N) is 1. The van der Waals surface area contributed by atoms with Crippen LogP contribution in [0.4, 0.5) is 5.69 Å². The number of hydrogen-bond donors (Lipinski definition) is 1. The lowest BCUT2D eigenvalue weighted by molar-refractivity contribution is 0.0950. The number of carbonyl (C=O) groups excluding carboxylic acids is 1. The molecular formula is C24H32N2O3S. The molecule has 5 nitrogen and oxygen atoms in total. The third kappa shape index (κ3) is 5.42. The van der Waals surface area contributed by atoms with Crippen LogP contribution in [0.1, 0.15) is 60.9 Å². The molecule has 0 heterocycles. The van der Waals surface area contributed by atoms with Gasteiger partial charge in [-0.25, -0.2) is 8.42 Å². The molecule has 1 aliphatic rings. The fraction of sp³-hybridized carbons (Fsp3) is 0.458. The van der Waals surface area contributed by atoms with Crippen molar-refractivity contribution in [3.63, 3.8) is 0 Å². The number of anilines is 1. The summed E-state index contributed by atoms with van der Waals surface area (Å²) in [5, 5.41) is 2.97. The lowest BCUT2D eigenvalue weighted by Gasteiger charge is -2.21. The van der Waals surface area contributed by atoms with Crippen molar-refractivity contribution in [2.75, 3.05) is 17.9 Å². The first-order valence-corrected chi connectivity index (χ1v) is 12.3. The van der Waals surface area contributed by atoms with E-state index in [9.17, 15) is 13.2 Å². The minimum atomic E-state index is -3.76. The Labute approximate surface area is 180 Å². The third-order valence-electron chi connectivity index (χ3n) is 6.02. The molecule has 2 aromatic carbocycles. The average Bonchev–Trinajstić information content (AvgIpc) is 3.02. The van der Waals surface area contributed by atoms with Crippen molar-refractivity contribution in [3.05, 3.63) is 59.7 Å². The van der Waals surface area contributed by atoms with Crippen molar-refractivity contribution in [1.29, 1.82) is 0 Å². The first-order chi connectivity index (χ1) is 14.4. The molecule has 6 heteroatoms. The quantitative estimate of drug-likeness (QED) is 0.637. The molecule has 1 fully saturated rings. The van der Waals surface area contributed by atoms with Crippen LogP contribution in [0.5, 0.6) is 0 Å². The molecule has 1 amide bonds. The van der Waals surface area contributed by atoms with Crippen molar-refractivity contribution in [2.24, 2.45) is 5.92 Å². The fourth-order valence-electron chi connectivity index (χ4n) is 4.15. The zero-order valence-corrected chi connectivity index (χ0v) is 18.7. The number of nitrogens with zero attached hydrogens (tertiary/aromatic N) is 1. The van der Waals surface area contributed by atoms with E-state index in [0.717, 1.165) is 12.0 Å². The number of rotatable bonds is 7. The van der Waals surface area contributed by atoms with Crippen molar-refractivity contribution in [1.82, 2.24) is 5.32 Å². The highest BCUT2D eigenvalue weighted by Gasteiger charge is 2.23. The predicted molar refractivity (Wildman–Crippen MR) is 121 cm³/mol. The summed E-state index contributed by atoms with van der Waals surface area (Å²) in [6.07, 6.45) is 8.69. The standard InChI is InChI=1S/C24H32N2O3S/c1-19-10-7-8-15-23(19)26(2)30(28,29)22-14-9-13-21(18-22)24(27)25-17-16-20-11-5-3-4-6-12-20/h7-10,13-15,18,20H,3-6,11-12,16-17H2,1-2H3,(H,25,27). The highest BCUT2D eigenvalue weighted by molar-refractivity contribution is 7.92. The molecule has 0 spiro atoms. The van der Waals surface area contributed by atoms with Gasteiger partial charge in [-0.2, -0.15) is 0 Å². The van der Waals surface area contributed by atoms with Crippen LogP contribution < -0.4 is 9.62 Å². The molecule has 30 heavy (non-hydrogen) atoms. The van der Waals surface area contributed by atoms with Gasteiger partial charge in [0, 0.05) is 19.2 Å². The fourth-order valence-corrected chi connectivity index (χ4v) is 5.45. The summed E-state index contributed by atoms with van der Waals surface area (Å²) in [6, 6.07) is 13.6. The van der Waals surface area contributed by atoms with E-state index in [1.54, 1.807) is 18.2 Å². The number of para-hydroxylation sites is 1. The van der Waals surface area contributed by atoms with Gasteiger partial charge < -0.3 is 5.32 Å². The Morgan fingerprint density at radius 3 is 2.43 bits per heavy atom. The van der Waals surface area contributed by atoms with Crippen molar-refractivity contribution in [2.45, 2.75) is 56.8 Å². The van der Waals surface area contributed by atoms with Crippen LogP contribution in [0.25, 0.3) is 0 Å². The Kier molecular flexibility index (Phi) is 7.53. The number of hydrogen-bond acceptors (Lipinski definition) is 3. The van der Waals surface area contributed by atoms with E-state index in [4.69, 9.17) is 0 Å². The lowest BCUT2D eigenvalue weighted by atomic mass is 9.97. The summed E-state index contributed by atoms with van der Waals surface area (Å²) < 4.78 is 27.5. The van der Waals surface area contributed by atoms with Gasteiger partial charge in [0.2, 0.25) is 0 Å². The molecule has 162 valence electrons. The topological polar surface area (TPSA) is 66.5 Å². The normalized spacial score (nSPS) is 15.4. The van der Waals surface area contributed by atoms with Crippen molar-refractivity contribution in [3.8, 4) is 0 Å².